The van der Waals surface area contributed by atoms with Gasteiger partial charge in [-0.2, -0.15) is 0 Å². The Bertz CT molecular complexity index is 635. The maximum atomic E-state index is 9.45. The van der Waals surface area contributed by atoms with E-state index >= 15 is 0 Å². The fourth-order valence-corrected chi connectivity index (χ4v) is 2.91. The van der Waals surface area contributed by atoms with Gasteiger partial charge in [-0.05, 0) is 42.2 Å². The third kappa shape index (κ3) is 2.16. The van der Waals surface area contributed by atoms with Gasteiger partial charge in [0.2, 0.25) is 0 Å². The molecule has 0 saturated heterocycles. The Labute approximate surface area is 118 Å². The van der Waals surface area contributed by atoms with Crippen molar-refractivity contribution in [2.75, 3.05) is 7.11 Å². The molecule has 102 valence electrons. The van der Waals surface area contributed by atoms with E-state index in [0.29, 0.717) is 0 Å². The van der Waals surface area contributed by atoms with Crippen molar-refractivity contribution >= 4 is 5.71 Å². The number of methoxy groups -OCH3 is 1. The van der Waals surface area contributed by atoms with E-state index in [0.717, 1.165) is 29.9 Å². The van der Waals surface area contributed by atoms with Crippen LogP contribution in [0.2, 0.25) is 0 Å². The number of benzene rings is 2. The zero-order valence-electron chi connectivity index (χ0n) is 11.4. The minimum absolute atomic E-state index is 0.155. The standard InChI is InChI=1S/C17H17NO2/c1-20-14-8-10-16-13(11-14)7-9-15(17(16)18-19)12-5-3-2-4-6-12/h2-6,8,10-11,15,19H,7,9H2,1H3/b18-17+. The van der Waals surface area contributed by atoms with Crippen molar-refractivity contribution in [2.24, 2.45) is 5.16 Å². The first-order chi connectivity index (χ1) is 9.83. The van der Waals surface area contributed by atoms with E-state index in [1.807, 2.05) is 36.4 Å². The van der Waals surface area contributed by atoms with Crippen LogP contribution < -0.4 is 4.74 Å². The van der Waals surface area contributed by atoms with Crippen LogP contribution >= 0.6 is 0 Å². The van der Waals surface area contributed by atoms with E-state index in [1.54, 1.807) is 7.11 Å². The highest BCUT2D eigenvalue weighted by molar-refractivity contribution is 6.06. The average Bonchev–Trinajstić information content (AvgIpc) is 2.53. The van der Waals surface area contributed by atoms with Crippen molar-refractivity contribution in [3.8, 4) is 5.75 Å². The Morgan fingerprint density at radius 2 is 1.95 bits per heavy atom. The maximum Gasteiger partial charge on any atom is 0.119 e. The lowest BCUT2D eigenvalue weighted by Crippen LogP contribution is -2.22. The molecular formula is C17H17NO2. The molecule has 1 unspecified atom stereocenters. The molecule has 1 N–H and O–H groups in total. The van der Waals surface area contributed by atoms with E-state index in [-0.39, 0.29) is 5.92 Å². The van der Waals surface area contributed by atoms with Crippen LogP contribution in [-0.4, -0.2) is 18.0 Å². The minimum atomic E-state index is 0.155. The number of nitrogens with zero attached hydrogens (tertiary/aromatic N) is 1. The van der Waals surface area contributed by atoms with E-state index in [2.05, 4.69) is 17.3 Å². The molecule has 20 heavy (non-hydrogen) atoms. The molecule has 1 atom stereocenters. The molecule has 3 heteroatoms. The molecule has 0 spiro atoms. The summed E-state index contributed by atoms with van der Waals surface area (Å²) in [5.74, 6) is 1.00. The summed E-state index contributed by atoms with van der Waals surface area (Å²) in [7, 11) is 1.67. The van der Waals surface area contributed by atoms with Crippen LogP contribution in [0, 0.1) is 0 Å². The zero-order valence-corrected chi connectivity index (χ0v) is 11.4. The van der Waals surface area contributed by atoms with Gasteiger partial charge in [0.1, 0.15) is 5.75 Å². The van der Waals surface area contributed by atoms with E-state index in [1.165, 1.54) is 11.1 Å². The molecule has 1 aliphatic carbocycles. The second kappa shape index (κ2) is 5.37. The highest BCUT2D eigenvalue weighted by Crippen LogP contribution is 2.34. The van der Waals surface area contributed by atoms with Gasteiger partial charge in [-0.3, -0.25) is 0 Å². The molecule has 2 aromatic carbocycles. The Balaban J connectivity index is 2.03. The Morgan fingerprint density at radius 3 is 2.65 bits per heavy atom. The summed E-state index contributed by atoms with van der Waals surface area (Å²) in [6.45, 7) is 0. The number of oxime groups is 1. The lowest BCUT2D eigenvalue weighted by molar-refractivity contribution is 0.316. The molecule has 0 bridgehead atoms. The van der Waals surface area contributed by atoms with Gasteiger partial charge < -0.3 is 9.94 Å². The molecule has 0 saturated carbocycles. The maximum absolute atomic E-state index is 9.45. The molecule has 0 radical (unpaired) electrons. The number of rotatable bonds is 2. The third-order valence-electron chi connectivity index (χ3n) is 3.93. The Morgan fingerprint density at radius 1 is 1.15 bits per heavy atom. The van der Waals surface area contributed by atoms with Crippen molar-refractivity contribution in [1.29, 1.82) is 0 Å². The molecule has 2 aromatic rings. The number of ether oxygens (including phenoxy) is 1. The topological polar surface area (TPSA) is 41.8 Å². The van der Waals surface area contributed by atoms with Gasteiger partial charge in [-0.1, -0.05) is 35.5 Å². The summed E-state index contributed by atoms with van der Waals surface area (Å²) in [6, 6.07) is 16.1. The van der Waals surface area contributed by atoms with E-state index in [9.17, 15) is 5.21 Å². The molecule has 3 rings (SSSR count). The monoisotopic (exact) mass is 267 g/mol. The fraction of sp³-hybridized carbons (Fsp3) is 0.235. The second-order valence-electron chi connectivity index (χ2n) is 5.01. The molecule has 0 aromatic heterocycles. The summed E-state index contributed by atoms with van der Waals surface area (Å²) >= 11 is 0. The lowest BCUT2D eigenvalue weighted by Gasteiger charge is -2.26. The van der Waals surface area contributed by atoms with Gasteiger partial charge in [-0.15, -0.1) is 0 Å². The fourth-order valence-electron chi connectivity index (χ4n) is 2.91. The van der Waals surface area contributed by atoms with Crippen LogP contribution in [0.1, 0.15) is 29.0 Å². The number of aryl methyl sites for hydroxylation is 1. The first-order valence-corrected chi connectivity index (χ1v) is 6.77. The smallest absolute Gasteiger partial charge is 0.119 e. The van der Waals surface area contributed by atoms with E-state index < -0.39 is 0 Å². The van der Waals surface area contributed by atoms with Crippen molar-refractivity contribution < 1.29 is 9.94 Å². The molecule has 1 aliphatic rings. The third-order valence-corrected chi connectivity index (χ3v) is 3.93. The van der Waals surface area contributed by atoms with Crippen LogP contribution in [0.25, 0.3) is 0 Å². The van der Waals surface area contributed by atoms with Crippen LogP contribution in [0.3, 0.4) is 0 Å². The summed E-state index contributed by atoms with van der Waals surface area (Å²) in [4.78, 5) is 0. The van der Waals surface area contributed by atoms with Crippen LogP contribution in [0.5, 0.6) is 5.75 Å². The van der Waals surface area contributed by atoms with Gasteiger partial charge in [0.05, 0.1) is 12.8 Å². The Hall–Kier alpha value is -2.29. The number of fused-ring (bicyclic) bond motifs is 1. The van der Waals surface area contributed by atoms with Crippen molar-refractivity contribution in [3.05, 3.63) is 65.2 Å². The zero-order chi connectivity index (χ0) is 13.9. The number of hydrogen-bond donors (Lipinski definition) is 1. The van der Waals surface area contributed by atoms with Gasteiger partial charge in [-0.25, -0.2) is 0 Å². The van der Waals surface area contributed by atoms with Crippen LogP contribution in [-0.2, 0) is 6.42 Å². The van der Waals surface area contributed by atoms with Crippen molar-refractivity contribution in [3.63, 3.8) is 0 Å². The van der Waals surface area contributed by atoms with Gasteiger partial charge in [0.15, 0.2) is 0 Å². The van der Waals surface area contributed by atoms with Crippen LogP contribution in [0.15, 0.2) is 53.7 Å². The molecule has 3 nitrogen and oxygen atoms in total. The first-order valence-electron chi connectivity index (χ1n) is 6.77. The number of hydrogen-bond acceptors (Lipinski definition) is 3. The minimum Gasteiger partial charge on any atom is -0.497 e. The molecular weight excluding hydrogens is 250 g/mol. The normalized spacial score (nSPS) is 19.6. The van der Waals surface area contributed by atoms with Gasteiger partial charge >= 0.3 is 0 Å². The predicted molar refractivity (Wildman–Crippen MR) is 78.8 cm³/mol. The predicted octanol–water partition coefficient (Wildman–Crippen LogP) is 3.60. The largest absolute Gasteiger partial charge is 0.497 e. The summed E-state index contributed by atoms with van der Waals surface area (Å²) in [5, 5.41) is 13.0. The van der Waals surface area contributed by atoms with Gasteiger partial charge in [0, 0.05) is 11.5 Å². The summed E-state index contributed by atoms with van der Waals surface area (Å²) in [6.07, 6.45) is 1.91. The summed E-state index contributed by atoms with van der Waals surface area (Å²) < 4.78 is 5.26. The molecule has 0 fully saturated rings. The highest BCUT2D eigenvalue weighted by atomic mass is 16.5. The SMILES string of the molecule is COc1ccc2c(c1)CCC(c1ccccc1)/C2=N\O. The van der Waals surface area contributed by atoms with Gasteiger partial charge in [0.25, 0.3) is 0 Å². The van der Waals surface area contributed by atoms with E-state index in [4.69, 9.17) is 4.74 Å². The highest BCUT2D eigenvalue weighted by Gasteiger charge is 2.27. The Kier molecular flexibility index (Phi) is 3.42. The van der Waals surface area contributed by atoms with Crippen molar-refractivity contribution in [2.45, 2.75) is 18.8 Å². The molecule has 0 amide bonds. The molecule has 0 aliphatic heterocycles. The summed E-state index contributed by atoms with van der Waals surface area (Å²) in [5.41, 5.74) is 4.15. The van der Waals surface area contributed by atoms with Crippen molar-refractivity contribution in [1.82, 2.24) is 0 Å². The average molecular weight is 267 g/mol. The van der Waals surface area contributed by atoms with Crippen LogP contribution in [0.4, 0.5) is 0 Å². The lowest BCUT2D eigenvalue weighted by atomic mass is 9.78. The molecule has 0 heterocycles. The first kappa shape index (κ1) is 12.7. The second-order valence-corrected chi connectivity index (χ2v) is 5.01. The quantitative estimate of drug-likeness (QED) is 0.667.